The van der Waals surface area contributed by atoms with Crippen LogP contribution in [0.5, 0.6) is 5.75 Å². The molecule has 8 heteroatoms. The zero-order valence-electron chi connectivity index (χ0n) is 14.8. The van der Waals surface area contributed by atoms with Gasteiger partial charge in [0.15, 0.2) is 0 Å². The number of para-hydroxylation sites is 1. The van der Waals surface area contributed by atoms with Gasteiger partial charge in [0, 0.05) is 37.1 Å². The predicted molar refractivity (Wildman–Crippen MR) is 96.7 cm³/mol. The average molecular weight is 371 g/mol. The lowest BCUT2D eigenvalue weighted by molar-refractivity contribution is -0.123. The fourth-order valence-corrected chi connectivity index (χ4v) is 3.76. The zero-order chi connectivity index (χ0) is 18.9. The van der Waals surface area contributed by atoms with Crippen LogP contribution in [0.1, 0.15) is 30.9 Å². The summed E-state index contributed by atoms with van der Waals surface area (Å²) in [5.41, 5.74) is -0.515. The van der Waals surface area contributed by atoms with Crippen molar-refractivity contribution in [2.45, 2.75) is 37.5 Å². The van der Waals surface area contributed by atoms with E-state index in [0.717, 1.165) is 24.2 Å². The fraction of sp³-hybridized carbons (Fsp3) is 0.421. The number of benzene rings is 1. The van der Waals surface area contributed by atoms with E-state index in [-0.39, 0.29) is 24.1 Å². The number of hydrogen-bond acceptors (Lipinski definition) is 5. The number of nitrogens with one attached hydrogen (secondary N) is 2. The summed E-state index contributed by atoms with van der Waals surface area (Å²) in [4.78, 5) is 37.7. The highest BCUT2D eigenvalue weighted by Gasteiger charge is 2.42. The summed E-state index contributed by atoms with van der Waals surface area (Å²) in [7, 11) is 0. The Labute approximate surface area is 155 Å². The van der Waals surface area contributed by atoms with Crippen molar-refractivity contribution >= 4 is 5.91 Å². The maximum Gasteiger partial charge on any atom is 0.328 e. The molecule has 0 radical (unpaired) electrons. The van der Waals surface area contributed by atoms with Crippen LogP contribution in [0.25, 0.3) is 0 Å². The van der Waals surface area contributed by atoms with Gasteiger partial charge in [0.05, 0.1) is 19.3 Å². The van der Waals surface area contributed by atoms with Crippen LogP contribution in [0.3, 0.4) is 0 Å². The third-order valence-electron chi connectivity index (χ3n) is 5.15. The largest absolute Gasteiger partial charge is 0.487 e. The van der Waals surface area contributed by atoms with Crippen molar-refractivity contribution in [3.63, 3.8) is 0 Å². The Morgan fingerprint density at radius 1 is 1.22 bits per heavy atom. The zero-order valence-corrected chi connectivity index (χ0v) is 14.8. The average Bonchev–Trinajstić information content (AvgIpc) is 2.64. The number of aromatic amines is 1. The van der Waals surface area contributed by atoms with E-state index in [4.69, 9.17) is 9.47 Å². The summed E-state index contributed by atoms with van der Waals surface area (Å²) in [5, 5.41) is 3.03. The minimum Gasteiger partial charge on any atom is -0.487 e. The molecule has 1 spiro atoms. The number of ether oxygens (including phenoxy) is 2. The van der Waals surface area contributed by atoms with Crippen LogP contribution in [-0.4, -0.2) is 34.3 Å². The maximum atomic E-state index is 12.6. The van der Waals surface area contributed by atoms with E-state index < -0.39 is 11.2 Å². The first-order valence-corrected chi connectivity index (χ1v) is 9.00. The SMILES string of the molecule is O=C(Cn1ccc(=O)[nH]c1=O)NC1CC2(CCOCC2)Oc2ccccc21. The van der Waals surface area contributed by atoms with E-state index in [1.165, 1.54) is 16.8 Å². The van der Waals surface area contributed by atoms with Crippen LogP contribution >= 0.6 is 0 Å². The molecule has 0 bridgehead atoms. The minimum atomic E-state index is -0.606. The lowest BCUT2D eigenvalue weighted by atomic mass is 9.82. The van der Waals surface area contributed by atoms with Crippen LogP contribution in [0.4, 0.5) is 0 Å². The molecule has 2 N–H and O–H groups in total. The van der Waals surface area contributed by atoms with E-state index in [1.54, 1.807) is 0 Å². The lowest BCUT2D eigenvalue weighted by Gasteiger charge is -2.44. The first kappa shape index (κ1) is 17.5. The van der Waals surface area contributed by atoms with E-state index in [0.29, 0.717) is 19.6 Å². The fourth-order valence-electron chi connectivity index (χ4n) is 3.76. The van der Waals surface area contributed by atoms with E-state index in [2.05, 4.69) is 10.3 Å². The standard InChI is InChI=1S/C19H21N3O5/c23-16-5-8-22(18(25)21-16)12-17(24)20-14-11-19(6-9-26-10-7-19)27-15-4-2-1-3-13(14)15/h1-5,8,14H,6-7,9-12H2,(H,20,24)(H,21,23,25). The molecule has 1 aromatic heterocycles. The molecule has 0 aliphatic carbocycles. The molecule has 1 fully saturated rings. The first-order chi connectivity index (χ1) is 13.0. The number of fused-ring (bicyclic) bond motifs is 1. The van der Waals surface area contributed by atoms with Gasteiger partial charge in [-0.25, -0.2) is 4.79 Å². The predicted octanol–water partition coefficient (Wildman–Crippen LogP) is 0.726. The van der Waals surface area contributed by atoms with Crippen LogP contribution in [-0.2, 0) is 16.1 Å². The summed E-state index contributed by atoms with van der Waals surface area (Å²) in [5.74, 6) is 0.477. The monoisotopic (exact) mass is 371 g/mol. The van der Waals surface area contributed by atoms with Gasteiger partial charge in [-0.1, -0.05) is 18.2 Å². The number of carbonyl (C=O) groups excluding carboxylic acids is 1. The second-order valence-electron chi connectivity index (χ2n) is 7.00. The molecule has 2 aliphatic rings. The molecule has 2 aliphatic heterocycles. The topological polar surface area (TPSA) is 102 Å². The summed E-state index contributed by atoms with van der Waals surface area (Å²) < 4.78 is 12.9. The van der Waals surface area contributed by atoms with Gasteiger partial charge >= 0.3 is 5.69 Å². The number of aromatic nitrogens is 2. The Morgan fingerprint density at radius 2 is 2.00 bits per heavy atom. The van der Waals surface area contributed by atoms with Crippen molar-refractivity contribution < 1.29 is 14.3 Å². The van der Waals surface area contributed by atoms with Gasteiger partial charge in [0.1, 0.15) is 17.9 Å². The molecule has 1 atom stereocenters. The summed E-state index contributed by atoms with van der Waals surface area (Å²) in [6.07, 6.45) is 3.51. The second kappa shape index (κ2) is 7.03. The van der Waals surface area contributed by atoms with Gasteiger partial charge in [-0.3, -0.25) is 19.1 Å². The normalized spacial score (nSPS) is 20.5. The van der Waals surface area contributed by atoms with Crippen molar-refractivity contribution in [2.75, 3.05) is 13.2 Å². The first-order valence-electron chi connectivity index (χ1n) is 9.00. The molecule has 27 heavy (non-hydrogen) atoms. The Morgan fingerprint density at radius 3 is 2.78 bits per heavy atom. The third-order valence-corrected chi connectivity index (χ3v) is 5.15. The highest BCUT2D eigenvalue weighted by atomic mass is 16.5. The molecule has 2 aromatic rings. The quantitative estimate of drug-likeness (QED) is 0.828. The molecule has 1 aromatic carbocycles. The highest BCUT2D eigenvalue weighted by Crippen LogP contribution is 2.43. The molecular weight excluding hydrogens is 350 g/mol. The number of amides is 1. The Balaban J connectivity index is 1.55. The van der Waals surface area contributed by atoms with Crippen LogP contribution < -0.4 is 21.3 Å². The number of hydrogen-bond donors (Lipinski definition) is 2. The van der Waals surface area contributed by atoms with E-state index >= 15 is 0 Å². The number of nitrogens with zero attached hydrogens (tertiary/aromatic N) is 1. The summed E-state index contributed by atoms with van der Waals surface area (Å²) in [6.45, 7) is 1.11. The van der Waals surface area contributed by atoms with Crippen molar-refractivity contribution in [3.05, 3.63) is 62.9 Å². The van der Waals surface area contributed by atoms with Crippen LogP contribution in [0.15, 0.2) is 46.1 Å². The molecular formula is C19H21N3O5. The molecule has 4 rings (SSSR count). The Bertz CT molecular complexity index is 958. The number of rotatable bonds is 3. The Hall–Kier alpha value is -2.87. The van der Waals surface area contributed by atoms with Gasteiger partial charge in [0.2, 0.25) is 5.91 Å². The molecule has 1 unspecified atom stereocenters. The van der Waals surface area contributed by atoms with Crippen LogP contribution in [0, 0.1) is 0 Å². The minimum absolute atomic E-state index is 0.161. The van der Waals surface area contributed by atoms with Gasteiger partial charge < -0.3 is 14.8 Å². The van der Waals surface area contributed by atoms with E-state index in [1.807, 2.05) is 24.3 Å². The molecule has 0 saturated carbocycles. The molecule has 1 saturated heterocycles. The van der Waals surface area contributed by atoms with E-state index in [9.17, 15) is 14.4 Å². The second-order valence-corrected chi connectivity index (χ2v) is 7.00. The van der Waals surface area contributed by atoms with Crippen molar-refractivity contribution in [3.8, 4) is 5.75 Å². The summed E-state index contributed by atoms with van der Waals surface area (Å²) >= 11 is 0. The highest BCUT2D eigenvalue weighted by molar-refractivity contribution is 5.76. The third kappa shape index (κ3) is 3.66. The van der Waals surface area contributed by atoms with Gasteiger partial charge in [-0.05, 0) is 6.07 Å². The molecule has 8 nitrogen and oxygen atoms in total. The van der Waals surface area contributed by atoms with Gasteiger partial charge in [0.25, 0.3) is 5.56 Å². The molecule has 3 heterocycles. The summed E-state index contributed by atoms with van der Waals surface area (Å²) in [6, 6.07) is 8.69. The van der Waals surface area contributed by atoms with Crippen LogP contribution in [0.2, 0.25) is 0 Å². The maximum absolute atomic E-state index is 12.6. The smallest absolute Gasteiger partial charge is 0.328 e. The Kier molecular flexibility index (Phi) is 4.57. The van der Waals surface area contributed by atoms with Crippen molar-refractivity contribution in [2.24, 2.45) is 0 Å². The number of carbonyl (C=O) groups is 1. The molecule has 142 valence electrons. The van der Waals surface area contributed by atoms with Crippen molar-refractivity contribution in [1.29, 1.82) is 0 Å². The van der Waals surface area contributed by atoms with Gasteiger partial charge in [-0.15, -0.1) is 0 Å². The number of H-pyrrole nitrogens is 1. The van der Waals surface area contributed by atoms with Crippen molar-refractivity contribution in [1.82, 2.24) is 14.9 Å². The lowest BCUT2D eigenvalue weighted by Crippen LogP contribution is -2.49. The molecule has 1 amide bonds. The van der Waals surface area contributed by atoms with Gasteiger partial charge in [-0.2, -0.15) is 0 Å².